The number of aliphatic hydroxyl groups excluding tert-OH is 1. The highest BCUT2D eigenvalue weighted by Gasteiger charge is 2.11. The Morgan fingerprint density at radius 2 is 2.53 bits per heavy atom. The van der Waals surface area contributed by atoms with Crippen molar-refractivity contribution in [2.45, 2.75) is 6.92 Å². The molecule has 0 saturated carbocycles. The molecule has 2 heterocycles. The first-order valence-corrected chi connectivity index (χ1v) is 5.42. The van der Waals surface area contributed by atoms with E-state index in [1.165, 1.54) is 11.3 Å². The van der Waals surface area contributed by atoms with Gasteiger partial charge >= 0.3 is 0 Å². The number of rotatable bonds is 3. The molecule has 80 valence electrons. The highest BCUT2D eigenvalue weighted by atomic mass is 32.1. The molecule has 2 N–H and O–H groups in total. The minimum atomic E-state index is -0.251. The Balaban J connectivity index is 2.24. The van der Waals surface area contributed by atoms with Crippen LogP contribution < -0.4 is 5.32 Å². The number of hydrogen-bond acceptors (Lipinski definition) is 4. The van der Waals surface area contributed by atoms with Crippen LogP contribution in [0.5, 0.6) is 0 Å². The third-order valence-electron chi connectivity index (χ3n) is 2.02. The van der Waals surface area contributed by atoms with Gasteiger partial charge in [0.25, 0.3) is 5.91 Å². The number of nitrogens with zero attached hydrogens (tertiary/aromatic N) is 2. The summed E-state index contributed by atoms with van der Waals surface area (Å²) >= 11 is 1.50. The molecule has 0 unspecified atom stereocenters. The van der Waals surface area contributed by atoms with Crippen LogP contribution in [0.1, 0.15) is 16.2 Å². The Hall–Kier alpha value is -1.40. The van der Waals surface area contributed by atoms with Crippen LogP contribution in [0, 0.1) is 6.92 Å². The summed E-state index contributed by atoms with van der Waals surface area (Å²) in [6.07, 6.45) is 1.70. The zero-order chi connectivity index (χ0) is 10.8. The van der Waals surface area contributed by atoms with Crippen LogP contribution in [-0.4, -0.2) is 33.6 Å². The van der Waals surface area contributed by atoms with Gasteiger partial charge in [0.15, 0.2) is 4.96 Å². The van der Waals surface area contributed by atoms with Crippen molar-refractivity contribution in [1.29, 1.82) is 0 Å². The fourth-order valence-electron chi connectivity index (χ4n) is 1.26. The van der Waals surface area contributed by atoms with Crippen molar-refractivity contribution in [2.75, 3.05) is 13.2 Å². The van der Waals surface area contributed by atoms with Gasteiger partial charge in [0.1, 0.15) is 5.69 Å². The van der Waals surface area contributed by atoms with Crippen LogP contribution in [0.2, 0.25) is 0 Å². The number of imidazole rings is 1. The van der Waals surface area contributed by atoms with Crippen LogP contribution in [0.4, 0.5) is 0 Å². The second-order valence-electron chi connectivity index (χ2n) is 3.14. The molecule has 0 bridgehead atoms. The van der Waals surface area contributed by atoms with E-state index >= 15 is 0 Å². The quantitative estimate of drug-likeness (QED) is 0.796. The molecule has 0 aliphatic carbocycles. The van der Waals surface area contributed by atoms with Crippen molar-refractivity contribution < 1.29 is 9.90 Å². The smallest absolute Gasteiger partial charge is 0.271 e. The lowest BCUT2D eigenvalue weighted by molar-refractivity contribution is 0.0940. The Morgan fingerprint density at radius 3 is 3.20 bits per heavy atom. The van der Waals surface area contributed by atoms with Crippen LogP contribution in [0.15, 0.2) is 11.6 Å². The van der Waals surface area contributed by atoms with Gasteiger partial charge in [0, 0.05) is 23.8 Å². The van der Waals surface area contributed by atoms with Crippen molar-refractivity contribution in [3.8, 4) is 0 Å². The summed E-state index contributed by atoms with van der Waals surface area (Å²) in [4.78, 5) is 16.5. The maximum absolute atomic E-state index is 11.5. The van der Waals surface area contributed by atoms with E-state index in [2.05, 4.69) is 10.3 Å². The maximum Gasteiger partial charge on any atom is 0.271 e. The molecular formula is C9H11N3O2S. The molecule has 5 nitrogen and oxygen atoms in total. The molecule has 0 spiro atoms. The largest absolute Gasteiger partial charge is 0.395 e. The first-order chi connectivity index (χ1) is 7.22. The highest BCUT2D eigenvalue weighted by Crippen LogP contribution is 2.15. The van der Waals surface area contributed by atoms with E-state index in [1.807, 2.05) is 16.7 Å². The van der Waals surface area contributed by atoms with Crippen LogP contribution >= 0.6 is 11.3 Å². The second-order valence-corrected chi connectivity index (χ2v) is 3.97. The summed E-state index contributed by atoms with van der Waals surface area (Å²) in [5.74, 6) is -0.251. The molecule has 15 heavy (non-hydrogen) atoms. The number of aryl methyl sites for hydroxylation is 1. The third-order valence-corrected chi connectivity index (χ3v) is 2.98. The molecule has 0 aliphatic heterocycles. The minimum absolute atomic E-state index is 0.0625. The van der Waals surface area contributed by atoms with Gasteiger partial charge in [-0.3, -0.25) is 9.20 Å². The van der Waals surface area contributed by atoms with Crippen molar-refractivity contribution >= 4 is 22.2 Å². The molecule has 0 fully saturated rings. The summed E-state index contributed by atoms with van der Waals surface area (Å²) in [5, 5.41) is 13.1. The molecule has 0 aromatic carbocycles. The molecule has 2 aromatic heterocycles. The van der Waals surface area contributed by atoms with Gasteiger partial charge in [0.2, 0.25) is 0 Å². The Bertz CT molecular complexity index is 488. The highest BCUT2D eigenvalue weighted by molar-refractivity contribution is 7.15. The van der Waals surface area contributed by atoms with E-state index in [1.54, 1.807) is 6.20 Å². The monoisotopic (exact) mass is 225 g/mol. The van der Waals surface area contributed by atoms with E-state index < -0.39 is 0 Å². The number of aliphatic hydroxyl groups is 1. The average Bonchev–Trinajstić information content (AvgIpc) is 2.78. The summed E-state index contributed by atoms with van der Waals surface area (Å²) in [6.45, 7) is 2.15. The van der Waals surface area contributed by atoms with Gasteiger partial charge in [-0.1, -0.05) is 0 Å². The maximum atomic E-state index is 11.5. The lowest BCUT2D eigenvalue weighted by Crippen LogP contribution is -2.26. The Morgan fingerprint density at radius 1 is 1.73 bits per heavy atom. The van der Waals surface area contributed by atoms with Crippen molar-refractivity contribution in [3.63, 3.8) is 0 Å². The standard InChI is InChI=1S/C9H11N3O2S/c1-6-5-15-9-11-7(4-12(6)9)8(14)10-2-3-13/h4-5,13H,2-3H2,1H3,(H,10,14). The fourth-order valence-corrected chi connectivity index (χ4v) is 2.11. The van der Waals surface area contributed by atoms with Gasteiger partial charge < -0.3 is 10.4 Å². The van der Waals surface area contributed by atoms with E-state index in [0.717, 1.165) is 10.7 Å². The molecule has 2 aromatic rings. The number of fused-ring (bicyclic) bond motifs is 1. The number of aromatic nitrogens is 2. The Kier molecular flexibility index (Phi) is 2.70. The number of thiazole rings is 1. The molecule has 1 amide bonds. The molecule has 0 radical (unpaired) electrons. The first-order valence-electron chi connectivity index (χ1n) is 4.54. The summed E-state index contributed by atoms with van der Waals surface area (Å²) < 4.78 is 1.87. The summed E-state index contributed by atoms with van der Waals surface area (Å²) in [5.41, 5.74) is 1.45. The zero-order valence-corrected chi connectivity index (χ0v) is 9.04. The second kappa shape index (κ2) is 4.00. The average molecular weight is 225 g/mol. The number of carbonyl (C=O) groups is 1. The normalized spacial score (nSPS) is 10.8. The zero-order valence-electron chi connectivity index (χ0n) is 8.23. The molecule has 0 atom stereocenters. The van der Waals surface area contributed by atoms with Crippen LogP contribution in [0.3, 0.4) is 0 Å². The lowest BCUT2D eigenvalue weighted by Gasteiger charge is -1.98. The predicted octanol–water partition coefficient (Wildman–Crippen LogP) is 0.426. The fraction of sp³-hybridized carbons (Fsp3) is 0.333. The molecule has 6 heteroatoms. The lowest BCUT2D eigenvalue weighted by atomic mass is 10.4. The number of carbonyl (C=O) groups excluding carboxylic acids is 1. The van der Waals surface area contributed by atoms with Gasteiger partial charge in [-0.15, -0.1) is 11.3 Å². The molecule has 0 saturated heterocycles. The van der Waals surface area contributed by atoms with Crippen molar-refractivity contribution in [1.82, 2.24) is 14.7 Å². The van der Waals surface area contributed by atoms with Crippen molar-refractivity contribution in [3.05, 3.63) is 23.0 Å². The van der Waals surface area contributed by atoms with Gasteiger partial charge in [-0.25, -0.2) is 4.98 Å². The SMILES string of the molecule is Cc1csc2nc(C(=O)NCCO)cn12. The number of hydrogen-bond donors (Lipinski definition) is 2. The van der Waals surface area contributed by atoms with Gasteiger partial charge in [-0.05, 0) is 6.92 Å². The first kappa shape index (κ1) is 10.1. The molecule has 2 rings (SSSR count). The van der Waals surface area contributed by atoms with E-state index in [4.69, 9.17) is 5.11 Å². The van der Waals surface area contributed by atoms with Crippen LogP contribution in [-0.2, 0) is 0 Å². The molecule has 0 aliphatic rings. The van der Waals surface area contributed by atoms with Crippen molar-refractivity contribution in [2.24, 2.45) is 0 Å². The summed E-state index contributed by atoms with van der Waals surface area (Å²) in [6, 6.07) is 0. The third kappa shape index (κ3) is 1.86. The van der Waals surface area contributed by atoms with Gasteiger partial charge in [0.05, 0.1) is 6.61 Å². The predicted molar refractivity (Wildman–Crippen MR) is 57.2 cm³/mol. The number of amides is 1. The topological polar surface area (TPSA) is 66.6 Å². The van der Waals surface area contributed by atoms with Gasteiger partial charge in [-0.2, -0.15) is 0 Å². The van der Waals surface area contributed by atoms with E-state index in [0.29, 0.717) is 5.69 Å². The Labute approximate surface area is 90.4 Å². The number of nitrogens with one attached hydrogen (secondary N) is 1. The minimum Gasteiger partial charge on any atom is -0.395 e. The van der Waals surface area contributed by atoms with E-state index in [9.17, 15) is 4.79 Å². The van der Waals surface area contributed by atoms with E-state index in [-0.39, 0.29) is 19.1 Å². The molecular weight excluding hydrogens is 214 g/mol. The van der Waals surface area contributed by atoms with Crippen LogP contribution in [0.25, 0.3) is 4.96 Å². The summed E-state index contributed by atoms with van der Waals surface area (Å²) in [7, 11) is 0.